The maximum atomic E-state index is 5.31. The monoisotopic (exact) mass is 290 g/mol. The van der Waals surface area contributed by atoms with Gasteiger partial charge in [-0.2, -0.15) is 0 Å². The first-order valence-corrected chi connectivity index (χ1v) is 8.35. The number of benzene rings is 1. The Labute approximate surface area is 129 Å². The van der Waals surface area contributed by atoms with Gasteiger partial charge < -0.3 is 15.0 Å². The Kier molecular flexibility index (Phi) is 6.52. The fourth-order valence-electron chi connectivity index (χ4n) is 3.07. The molecule has 0 spiro atoms. The van der Waals surface area contributed by atoms with E-state index < -0.39 is 0 Å². The summed E-state index contributed by atoms with van der Waals surface area (Å²) in [5, 5.41) is 3.78. The lowest BCUT2D eigenvalue weighted by atomic mass is 10.0. The number of rotatable bonds is 7. The third-order valence-electron chi connectivity index (χ3n) is 4.49. The minimum atomic E-state index is 0.382. The maximum absolute atomic E-state index is 5.31. The highest BCUT2D eigenvalue weighted by Gasteiger charge is 2.20. The smallest absolute Gasteiger partial charge is 0.119 e. The van der Waals surface area contributed by atoms with Crippen molar-refractivity contribution in [2.24, 2.45) is 0 Å². The van der Waals surface area contributed by atoms with E-state index in [4.69, 9.17) is 4.74 Å². The molecule has 1 saturated heterocycles. The summed E-state index contributed by atoms with van der Waals surface area (Å²) in [6.45, 7) is 8.27. The third kappa shape index (κ3) is 5.01. The quantitative estimate of drug-likeness (QED) is 0.830. The van der Waals surface area contributed by atoms with Gasteiger partial charge in [0.25, 0.3) is 0 Å². The number of methoxy groups -OCH3 is 1. The highest BCUT2D eigenvalue weighted by molar-refractivity contribution is 5.30. The minimum absolute atomic E-state index is 0.382. The summed E-state index contributed by atoms with van der Waals surface area (Å²) < 4.78 is 5.31. The van der Waals surface area contributed by atoms with Gasteiger partial charge in [-0.05, 0) is 63.5 Å². The standard InChI is InChI=1S/C18H30N2O/c1-4-5-11-20-12-9-17(10-13-20)19-15(2)16-7-6-8-18(14-16)21-3/h6-8,14-15,17,19H,4-5,9-13H2,1-3H3. The van der Waals surface area contributed by atoms with Gasteiger partial charge in [-0.1, -0.05) is 25.5 Å². The molecule has 0 bridgehead atoms. The van der Waals surface area contributed by atoms with Crippen LogP contribution in [0.1, 0.15) is 51.1 Å². The van der Waals surface area contributed by atoms with Crippen molar-refractivity contribution in [3.05, 3.63) is 29.8 Å². The van der Waals surface area contributed by atoms with E-state index in [0.717, 1.165) is 5.75 Å². The molecule has 1 unspecified atom stereocenters. The van der Waals surface area contributed by atoms with Crippen LogP contribution in [0, 0.1) is 0 Å². The van der Waals surface area contributed by atoms with Crippen molar-refractivity contribution in [3.8, 4) is 5.75 Å². The van der Waals surface area contributed by atoms with Crippen molar-refractivity contribution in [1.29, 1.82) is 0 Å². The van der Waals surface area contributed by atoms with Crippen LogP contribution in [0.5, 0.6) is 5.75 Å². The minimum Gasteiger partial charge on any atom is -0.497 e. The molecular formula is C18H30N2O. The second-order valence-corrected chi connectivity index (χ2v) is 6.13. The molecule has 2 rings (SSSR count). The summed E-state index contributed by atoms with van der Waals surface area (Å²) in [7, 11) is 1.73. The van der Waals surface area contributed by atoms with Crippen LogP contribution in [-0.2, 0) is 0 Å². The van der Waals surface area contributed by atoms with Crippen molar-refractivity contribution in [1.82, 2.24) is 10.2 Å². The van der Waals surface area contributed by atoms with E-state index in [1.54, 1.807) is 7.11 Å². The normalized spacial score (nSPS) is 18.6. The molecule has 1 fully saturated rings. The molecule has 0 radical (unpaired) electrons. The molecule has 0 saturated carbocycles. The van der Waals surface area contributed by atoms with Crippen LogP contribution in [0.15, 0.2) is 24.3 Å². The first kappa shape index (κ1) is 16.3. The SMILES string of the molecule is CCCCN1CCC(NC(C)c2cccc(OC)c2)CC1. The molecule has 0 aromatic heterocycles. The predicted molar refractivity (Wildman–Crippen MR) is 88.9 cm³/mol. The Morgan fingerprint density at radius 1 is 1.33 bits per heavy atom. The largest absolute Gasteiger partial charge is 0.497 e. The second-order valence-electron chi connectivity index (χ2n) is 6.13. The average molecular weight is 290 g/mol. The highest BCUT2D eigenvalue weighted by Crippen LogP contribution is 2.21. The zero-order valence-electron chi connectivity index (χ0n) is 13.8. The van der Waals surface area contributed by atoms with Crippen LogP contribution in [-0.4, -0.2) is 37.7 Å². The molecule has 1 aromatic rings. The number of unbranched alkanes of at least 4 members (excludes halogenated alkanes) is 1. The molecule has 3 heteroatoms. The third-order valence-corrected chi connectivity index (χ3v) is 4.49. The number of ether oxygens (including phenoxy) is 1. The zero-order chi connectivity index (χ0) is 15.1. The number of likely N-dealkylation sites (tertiary alicyclic amines) is 1. The van der Waals surface area contributed by atoms with E-state index in [2.05, 4.69) is 42.3 Å². The molecule has 0 aliphatic carbocycles. The molecule has 1 N–H and O–H groups in total. The Balaban J connectivity index is 1.79. The van der Waals surface area contributed by atoms with Gasteiger partial charge in [0.1, 0.15) is 5.75 Å². The van der Waals surface area contributed by atoms with Gasteiger partial charge in [-0.15, -0.1) is 0 Å². The molecular weight excluding hydrogens is 260 g/mol. The second kappa shape index (κ2) is 8.40. The summed E-state index contributed by atoms with van der Waals surface area (Å²) in [4.78, 5) is 2.61. The first-order chi connectivity index (χ1) is 10.2. The van der Waals surface area contributed by atoms with Gasteiger partial charge in [0, 0.05) is 12.1 Å². The molecule has 1 aliphatic rings. The van der Waals surface area contributed by atoms with Gasteiger partial charge in [0.05, 0.1) is 7.11 Å². The number of hydrogen-bond donors (Lipinski definition) is 1. The molecule has 1 heterocycles. The number of nitrogens with zero attached hydrogens (tertiary/aromatic N) is 1. The van der Waals surface area contributed by atoms with E-state index in [1.165, 1.54) is 50.9 Å². The van der Waals surface area contributed by atoms with Gasteiger partial charge >= 0.3 is 0 Å². The topological polar surface area (TPSA) is 24.5 Å². The molecule has 118 valence electrons. The lowest BCUT2D eigenvalue weighted by molar-refractivity contribution is 0.190. The van der Waals surface area contributed by atoms with Gasteiger partial charge in [-0.25, -0.2) is 0 Å². The van der Waals surface area contributed by atoms with Crippen LogP contribution in [0.3, 0.4) is 0 Å². The van der Waals surface area contributed by atoms with Crippen LogP contribution in [0.4, 0.5) is 0 Å². The molecule has 21 heavy (non-hydrogen) atoms. The zero-order valence-corrected chi connectivity index (χ0v) is 13.8. The fourth-order valence-corrected chi connectivity index (χ4v) is 3.07. The fraction of sp³-hybridized carbons (Fsp3) is 0.667. The van der Waals surface area contributed by atoms with E-state index in [1.807, 2.05) is 6.07 Å². The molecule has 0 amide bonds. The highest BCUT2D eigenvalue weighted by atomic mass is 16.5. The number of piperidine rings is 1. The van der Waals surface area contributed by atoms with E-state index in [0.29, 0.717) is 12.1 Å². The van der Waals surface area contributed by atoms with Crippen LogP contribution in [0.2, 0.25) is 0 Å². The van der Waals surface area contributed by atoms with Crippen molar-refractivity contribution >= 4 is 0 Å². The summed E-state index contributed by atoms with van der Waals surface area (Å²) in [5.41, 5.74) is 1.31. The van der Waals surface area contributed by atoms with Gasteiger partial charge in [0.15, 0.2) is 0 Å². The van der Waals surface area contributed by atoms with E-state index in [9.17, 15) is 0 Å². The lowest BCUT2D eigenvalue weighted by Crippen LogP contribution is -2.43. The van der Waals surface area contributed by atoms with Gasteiger partial charge in [-0.3, -0.25) is 0 Å². The Bertz CT molecular complexity index is 413. The molecule has 1 aliphatic heterocycles. The van der Waals surface area contributed by atoms with Crippen molar-refractivity contribution in [2.75, 3.05) is 26.7 Å². The summed E-state index contributed by atoms with van der Waals surface area (Å²) >= 11 is 0. The number of hydrogen-bond acceptors (Lipinski definition) is 3. The van der Waals surface area contributed by atoms with Crippen LogP contribution in [0.25, 0.3) is 0 Å². The van der Waals surface area contributed by atoms with Crippen LogP contribution >= 0.6 is 0 Å². The summed E-state index contributed by atoms with van der Waals surface area (Å²) in [6, 6.07) is 9.41. The Morgan fingerprint density at radius 3 is 2.76 bits per heavy atom. The average Bonchev–Trinajstić information content (AvgIpc) is 2.54. The summed E-state index contributed by atoms with van der Waals surface area (Å²) in [6.07, 6.45) is 5.15. The molecule has 3 nitrogen and oxygen atoms in total. The summed E-state index contributed by atoms with van der Waals surface area (Å²) in [5.74, 6) is 0.940. The first-order valence-electron chi connectivity index (χ1n) is 8.35. The van der Waals surface area contributed by atoms with Crippen molar-refractivity contribution in [2.45, 2.75) is 51.6 Å². The maximum Gasteiger partial charge on any atom is 0.119 e. The van der Waals surface area contributed by atoms with Gasteiger partial charge in [0.2, 0.25) is 0 Å². The van der Waals surface area contributed by atoms with Crippen molar-refractivity contribution < 1.29 is 4.74 Å². The van der Waals surface area contributed by atoms with E-state index in [-0.39, 0.29) is 0 Å². The molecule has 1 atom stereocenters. The predicted octanol–water partition coefficient (Wildman–Crippen LogP) is 3.61. The Morgan fingerprint density at radius 2 is 2.10 bits per heavy atom. The number of nitrogens with one attached hydrogen (secondary N) is 1. The lowest BCUT2D eigenvalue weighted by Gasteiger charge is -2.34. The van der Waals surface area contributed by atoms with Crippen LogP contribution < -0.4 is 10.1 Å². The van der Waals surface area contributed by atoms with Crippen molar-refractivity contribution in [3.63, 3.8) is 0 Å². The van der Waals surface area contributed by atoms with E-state index >= 15 is 0 Å². The molecule has 1 aromatic carbocycles. The Hall–Kier alpha value is -1.06.